The van der Waals surface area contributed by atoms with Crippen LogP contribution in [0.5, 0.6) is 0 Å². The second kappa shape index (κ2) is 5.45. The van der Waals surface area contributed by atoms with Gasteiger partial charge in [0.25, 0.3) is 0 Å². The van der Waals surface area contributed by atoms with Crippen molar-refractivity contribution in [1.29, 1.82) is 0 Å². The van der Waals surface area contributed by atoms with Gasteiger partial charge in [0.15, 0.2) is 0 Å². The van der Waals surface area contributed by atoms with Crippen LogP contribution in [0.1, 0.15) is 23.6 Å². The third-order valence-electron chi connectivity index (χ3n) is 3.67. The van der Waals surface area contributed by atoms with Crippen LogP contribution >= 0.6 is 0 Å². The highest BCUT2D eigenvalue weighted by Gasteiger charge is 2.33. The van der Waals surface area contributed by atoms with Crippen LogP contribution in [-0.4, -0.2) is 35.2 Å². The van der Waals surface area contributed by atoms with E-state index in [0.717, 1.165) is 11.1 Å². The zero-order valence-corrected chi connectivity index (χ0v) is 11.9. The van der Waals surface area contributed by atoms with E-state index < -0.39 is 17.9 Å². The first kappa shape index (κ1) is 14.2. The Morgan fingerprint density at radius 1 is 1.30 bits per heavy atom. The molecule has 0 bridgehead atoms. The van der Waals surface area contributed by atoms with Gasteiger partial charge >= 0.3 is 0 Å². The predicted molar refractivity (Wildman–Crippen MR) is 73.9 cm³/mol. The molecule has 1 fully saturated rings. The largest absolute Gasteiger partial charge is 0.321 e. The lowest BCUT2D eigenvalue weighted by atomic mass is 10.0. The quantitative estimate of drug-likeness (QED) is 0.808. The van der Waals surface area contributed by atoms with Crippen LogP contribution < -0.4 is 5.32 Å². The lowest BCUT2D eigenvalue weighted by Gasteiger charge is -2.31. The van der Waals surface area contributed by atoms with Gasteiger partial charge < -0.3 is 4.90 Å². The maximum atomic E-state index is 12.3. The molecule has 3 amide bonds. The molecule has 1 atom stereocenters. The number of aryl methyl sites for hydroxylation is 2. The molecule has 5 nitrogen and oxygen atoms in total. The molecule has 1 saturated heterocycles. The van der Waals surface area contributed by atoms with Crippen LogP contribution in [-0.2, 0) is 20.8 Å². The van der Waals surface area contributed by atoms with Crippen molar-refractivity contribution in [1.82, 2.24) is 10.2 Å². The fourth-order valence-corrected chi connectivity index (χ4v) is 2.21. The van der Waals surface area contributed by atoms with E-state index >= 15 is 0 Å². The van der Waals surface area contributed by atoms with E-state index in [9.17, 15) is 14.4 Å². The van der Waals surface area contributed by atoms with Gasteiger partial charge in [-0.25, -0.2) is 0 Å². The minimum Gasteiger partial charge on any atom is -0.321 e. The zero-order chi connectivity index (χ0) is 14.9. The monoisotopic (exact) mass is 274 g/mol. The van der Waals surface area contributed by atoms with Gasteiger partial charge in [0.05, 0.1) is 6.42 Å². The molecule has 5 heteroatoms. The maximum absolute atomic E-state index is 12.3. The Labute approximate surface area is 118 Å². The molecule has 1 aromatic carbocycles. The van der Waals surface area contributed by atoms with Crippen molar-refractivity contribution in [3.63, 3.8) is 0 Å². The first-order chi connectivity index (χ1) is 9.38. The summed E-state index contributed by atoms with van der Waals surface area (Å²) < 4.78 is 0. The molecule has 2 rings (SSSR count). The number of piperazine rings is 1. The topological polar surface area (TPSA) is 66.5 Å². The minimum atomic E-state index is -0.605. The van der Waals surface area contributed by atoms with Crippen molar-refractivity contribution in [2.45, 2.75) is 33.2 Å². The van der Waals surface area contributed by atoms with Crippen LogP contribution in [0.15, 0.2) is 18.2 Å². The molecule has 0 aromatic heterocycles. The highest BCUT2D eigenvalue weighted by molar-refractivity contribution is 6.04. The first-order valence-corrected chi connectivity index (χ1v) is 6.58. The molecule has 1 aliphatic rings. The summed E-state index contributed by atoms with van der Waals surface area (Å²) in [6.07, 6.45) is 0.200. The number of nitrogens with one attached hydrogen (secondary N) is 1. The Balaban J connectivity index is 2.12. The average Bonchev–Trinajstić information content (AvgIpc) is 2.38. The molecule has 0 saturated carbocycles. The van der Waals surface area contributed by atoms with Gasteiger partial charge in [-0.3, -0.25) is 19.7 Å². The second-order valence-corrected chi connectivity index (χ2v) is 5.21. The fraction of sp³-hybridized carbons (Fsp3) is 0.400. The molecular formula is C15H18N2O3. The molecule has 106 valence electrons. The molecule has 1 N–H and O–H groups in total. The second-order valence-electron chi connectivity index (χ2n) is 5.21. The summed E-state index contributed by atoms with van der Waals surface area (Å²) in [5.74, 6) is -1.06. The number of nitrogens with zero attached hydrogens (tertiary/aromatic N) is 1. The normalized spacial score (nSPS) is 18.9. The number of carbonyl (C=O) groups excluding carboxylic acids is 3. The number of hydrogen-bond donors (Lipinski definition) is 1. The number of imide groups is 1. The predicted octanol–water partition coefficient (Wildman–Crippen LogP) is 0.719. The van der Waals surface area contributed by atoms with Crippen molar-refractivity contribution in [2.24, 2.45) is 0 Å². The molecule has 1 aromatic rings. The van der Waals surface area contributed by atoms with Crippen molar-refractivity contribution < 1.29 is 14.4 Å². The molecular weight excluding hydrogens is 256 g/mol. The summed E-state index contributed by atoms with van der Waals surface area (Å²) in [5, 5.41) is 2.22. The first-order valence-electron chi connectivity index (χ1n) is 6.58. The van der Waals surface area contributed by atoms with Crippen molar-refractivity contribution in [3.05, 3.63) is 34.9 Å². The molecule has 0 radical (unpaired) electrons. The van der Waals surface area contributed by atoms with E-state index in [4.69, 9.17) is 0 Å². The van der Waals surface area contributed by atoms with E-state index in [2.05, 4.69) is 5.32 Å². The van der Waals surface area contributed by atoms with Gasteiger partial charge in [-0.2, -0.15) is 0 Å². The maximum Gasteiger partial charge on any atom is 0.249 e. The summed E-state index contributed by atoms with van der Waals surface area (Å²) in [7, 11) is 0. The fourth-order valence-electron chi connectivity index (χ4n) is 2.21. The Morgan fingerprint density at radius 2 is 2.00 bits per heavy atom. The smallest absolute Gasteiger partial charge is 0.249 e. The van der Waals surface area contributed by atoms with Crippen LogP contribution in [0, 0.1) is 13.8 Å². The number of hydrogen-bond acceptors (Lipinski definition) is 3. The summed E-state index contributed by atoms with van der Waals surface area (Å²) in [6.45, 7) is 5.57. The van der Waals surface area contributed by atoms with Gasteiger partial charge in [0.2, 0.25) is 17.7 Å². The average molecular weight is 274 g/mol. The molecule has 0 spiro atoms. The standard InChI is InChI=1S/C15H18N2O3/c1-9-4-5-12(6-10(9)2)7-14(19)17-8-13(18)16-15(20)11(17)3/h4-6,11H,7-8H2,1-3H3,(H,16,18,20). The Morgan fingerprint density at radius 3 is 2.65 bits per heavy atom. The molecule has 1 heterocycles. The van der Waals surface area contributed by atoms with E-state index in [-0.39, 0.29) is 18.9 Å². The van der Waals surface area contributed by atoms with Gasteiger partial charge in [-0.1, -0.05) is 18.2 Å². The summed E-state index contributed by atoms with van der Waals surface area (Å²) in [5.41, 5.74) is 3.18. The Kier molecular flexibility index (Phi) is 3.88. The summed E-state index contributed by atoms with van der Waals surface area (Å²) in [6, 6.07) is 5.22. The third kappa shape index (κ3) is 2.87. The SMILES string of the molecule is Cc1ccc(CC(=O)N2CC(=O)NC(=O)C2C)cc1C. The minimum absolute atomic E-state index is 0.0589. The molecule has 20 heavy (non-hydrogen) atoms. The lowest BCUT2D eigenvalue weighted by Crippen LogP contribution is -2.58. The van der Waals surface area contributed by atoms with Crippen LogP contribution in [0.3, 0.4) is 0 Å². The molecule has 1 aliphatic heterocycles. The van der Waals surface area contributed by atoms with E-state index in [1.807, 2.05) is 32.0 Å². The van der Waals surface area contributed by atoms with E-state index in [1.165, 1.54) is 10.5 Å². The van der Waals surface area contributed by atoms with Gasteiger partial charge in [0.1, 0.15) is 12.6 Å². The van der Waals surface area contributed by atoms with Crippen molar-refractivity contribution in [3.8, 4) is 0 Å². The van der Waals surface area contributed by atoms with Crippen LogP contribution in [0.4, 0.5) is 0 Å². The summed E-state index contributed by atoms with van der Waals surface area (Å²) >= 11 is 0. The summed E-state index contributed by atoms with van der Waals surface area (Å²) in [4.78, 5) is 36.5. The Hall–Kier alpha value is -2.17. The van der Waals surface area contributed by atoms with Gasteiger partial charge in [-0.05, 0) is 37.5 Å². The number of rotatable bonds is 2. The zero-order valence-electron chi connectivity index (χ0n) is 11.9. The highest BCUT2D eigenvalue weighted by Crippen LogP contribution is 2.13. The molecule has 1 unspecified atom stereocenters. The van der Waals surface area contributed by atoms with Gasteiger partial charge in [0, 0.05) is 0 Å². The highest BCUT2D eigenvalue weighted by atomic mass is 16.2. The number of amides is 3. The van der Waals surface area contributed by atoms with Gasteiger partial charge in [-0.15, -0.1) is 0 Å². The number of carbonyl (C=O) groups is 3. The number of benzene rings is 1. The van der Waals surface area contributed by atoms with Crippen LogP contribution in [0.25, 0.3) is 0 Å². The third-order valence-corrected chi connectivity index (χ3v) is 3.67. The van der Waals surface area contributed by atoms with E-state index in [0.29, 0.717) is 0 Å². The van der Waals surface area contributed by atoms with Crippen LogP contribution in [0.2, 0.25) is 0 Å². The Bertz CT molecular complexity index is 580. The van der Waals surface area contributed by atoms with Crippen molar-refractivity contribution >= 4 is 17.7 Å². The molecule has 0 aliphatic carbocycles. The lowest BCUT2D eigenvalue weighted by molar-refractivity contribution is -0.149. The van der Waals surface area contributed by atoms with Crippen molar-refractivity contribution in [2.75, 3.05) is 6.54 Å². The van der Waals surface area contributed by atoms with E-state index in [1.54, 1.807) is 6.92 Å².